The normalized spacial score (nSPS) is 11.0. The highest BCUT2D eigenvalue weighted by molar-refractivity contribution is 5.81. The van der Waals surface area contributed by atoms with Gasteiger partial charge in [0.1, 0.15) is 5.75 Å². The maximum Gasteiger partial charge on any atom is 0.163 e. The quantitative estimate of drug-likeness (QED) is 0.695. The van der Waals surface area contributed by atoms with E-state index in [-0.39, 0.29) is 0 Å². The molecule has 3 rings (SSSR count). The number of benzene rings is 2. The van der Waals surface area contributed by atoms with Crippen molar-refractivity contribution in [2.24, 2.45) is 0 Å². The summed E-state index contributed by atoms with van der Waals surface area (Å²) in [7, 11) is 0. The van der Waals surface area contributed by atoms with Crippen molar-refractivity contribution >= 4 is 10.9 Å². The Hall–Kier alpha value is -2.36. The largest absolute Gasteiger partial charge is 0.494 e. The Balaban J connectivity index is 1.96. The van der Waals surface area contributed by atoms with Crippen molar-refractivity contribution in [1.29, 1.82) is 0 Å². The van der Waals surface area contributed by atoms with Gasteiger partial charge in [0.25, 0.3) is 0 Å². The molecule has 0 saturated heterocycles. The van der Waals surface area contributed by atoms with E-state index >= 15 is 0 Å². The van der Waals surface area contributed by atoms with Gasteiger partial charge >= 0.3 is 0 Å². The fraction of sp³-hybridized carbons (Fsp3) is 0.176. The van der Waals surface area contributed by atoms with Crippen LogP contribution in [0.2, 0.25) is 0 Å². The number of rotatable bonds is 4. The number of nitrogens with zero attached hydrogens (tertiary/aromatic N) is 1. The van der Waals surface area contributed by atoms with Crippen LogP contribution in [0.25, 0.3) is 10.9 Å². The second-order valence-electron chi connectivity index (χ2n) is 4.81. The summed E-state index contributed by atoms with van der Waals surface area (Å²) in [5.41, 5.74) is 1.29. The number of fused-ring (bicyclic) bond motifs is 1. The van der Waals surface area contributed by atoms with Crippen LogP contribution in [-0.2, 0) is 6.54 Å². The first-order chi connectivity index (χ1) is 10.2. The standard InChI is InChI=1S/C17H15F2NO/c1-2-21-14-6-7-16-12(10-14)8-9-20(16)11-13-4-3-5-15(18)17(13)19/h3-10H,2,11H2,1H3. The lowest BCUT2D eigenvalue weighted by Gasteiger charge is -2.08. The number of hydrogen-bond donors (Lipinski definition) is 0. The average Bonchev–Trinajstić information content (AvgIpc) is 2.87. The molecule has 2 aromatic carbocycles. The van der Waals surface area contributed by atoms with Crippen LogP contribution in [0, 0.1) is 11.6 Å². The molecule has 0 atom stereocenters. The minimum absolute atomic E-state index is 0.293. The molecule has 0 fully saturated rings. The summed E-state index contributed by atoms with van der Waals surface area (Å²) in [6.07, 6.45) is 1.87. The monoisotopic (exact) mass is 287 g/mol. The molecule has 2 nitrogen and oxygen atoms in total. The van der Waals surface area contributed by atoms with Gasteiger partial charge in [0.15, 0.2) is 11.6 Å². The first-order valence-electron chi connectivity index (χ1n) is 6.83. The summed E-state index contributed by atoms with van der Waals surface area (Å²) >= 11 is 0. The third-order valence-corrected chi connectivity index (χ3v) is 3.43. The average molecular weight is 287 g/mol. The highest BCUT2D eigenvalue weighted by Crippen LogP contribution is 2.23. The topological polar surface area (TPSA) is 14.2 Å². The molecule has 3 aromatic rings. The minimum Gasteiger partial charge on any atom is -0.494 e. The fourth-order valence-electron chi connectivity index (χ4n) is 2.43. The Morgan fingerprint density at radius 2 is 1.95 bits per heavy atom. The van der Waals surface area contributed by atoms with Gasteiger partial charge in [0.05, 0.1) is 13.2 Å². The van der Waals surface area contributed by atoms with Crippen molar-refractivity contribution in [3.63, 3.8) is 0 Å². The lowest BCUT2D eigenvalue weighted by Crippen LogP contribution is -2.02. The van der Waals surface area contributed by atoms with Crippen LogP contribution in [0.5, 0.6) is 5.75 Å². The fourth-order valence-corrected chi connectivity index (χ4v) is 2.43. The van der Waals surface area contributed by atoms with Crippen LogP contribution in [0.1, 0.15) is 12.5 Å². The second kappa shape index (κ2) is 5.56. The van der Waals surface area contributed by atoms with E-state index in [9.17, 15) is 8.78 Å². The van der Waals surface area contributed by atoms with E-state index < -0.39 is 11.6 Å². The third-order valence-electron chi connectivity index (χ3n) is 3.43. The lowest BCUT2D eigenvalue weighted by molar-refractivity contribution is 0.340. The molecule has 0 bridgehead atoms. The van der Waals surface area contributed by atoms with Gasteiger partial charge < -0.3 is 9.30 Å². The van der Waals surface area contributed by atoms with Crippen LogP contribution in [0.15, 0.2) is 48.7 Å². The maximum atomic E-state index is 13.7. The van der Waals surface area contributed by atoms with Crippen LogP contribution in [-0.4, -0.2) is 11.2 Å². The highest BCUT2D eigenvalue weighted by Gasteiger charge is 2.09. The van der Waals surface area contributed by atoms with E-state index in [0.29, 0.717) is 18.7 Å². The number of aromatic nitrogens is 1. The molecule has 0 aliphatic heterocycles. The summed E-state index contributed by atoms with van der Waals surface area (Å²) in [6, 6.07) is 11.9. The van der Waals surface area contributed by atoms with Crippen molar-refractivity contribution in [2.45, 2.75) is 13.5 Å². The predicted molar refractivity (Wildman–Crippen MR) is 78.6 cm³/mol. The molecule has 0 N–H and O–H groups in total. The van der Waals surface area contributed by atoms with Crippen LogP contribution < -0.4 is 4.74 Å². The van der Waals surface area contributed by atoms with E-state index in [0.717, 1.165) is 22.7 Å². The van der Waals surface area contributed by atoms with Gasteiger partial charge in [-0.3, -0.25) is 0 Å². The Morgan fingerprint density at radius 1 is 1.10 bits per heavy atom. The molecule has 1 aromatic heterocycles. The molecule has 0 radical (unpaired) electrons. The summed E-state index contributed by atoms with van der Waals surface area (Å²) in [5.74, 6) is -0.799. The van der Waals surface area contributed by atoms with Crippen LogP contribution in [0.4, 0.5) is 8.78 Å². The Labute approximate surface area is 121 Å². The highest BCUT2D eigenvalue weighted by atomic mass is 19.2. The molecule has 4 heteroatoms. The smallest absolute Gasteiger partial charge is 0.163 e. The van der Waals surface area contributed by atoms with Crippen LogP contribution >= 0.6 is 0 Å². The maximum absolute atomic E-state index is 13.7. The molecule has 21 heavy (non-hydrogen) atoms. The van der Waals surface area contributed by atoms with Gasteiger partial charge in [0.2, 0.25) is 0 Å². The Morgan fingerprint density at radius 3 is 2.76 bits per heavy atom. The Bertz CT molecular complexity index is 780. The van der Waals surface area contributed by atoms with E-state index in [1.807, 2.05) is 42.0 Å². The van der Waals surface area contributed by atoms with Crippen molar-refractivity contribution in [3.05, 3.63) is 65.9 Å². The van der Waals surface area contributed by atoms with Gasteiger partial charge in [-0.1, -0.05) is 12.1 Å². The van der Waals surface area contributed by atoms with Crippen LogP contribution in [0.3, 0.4) is 0 Å². The molecule has 1 heterocycles. The van der Waals surface area contributed by atoms with E-state index in [1.165, 1.54) is 6.07 Å². The zero-order valence-electron chi connectivity index (χ0n) is 11.6. The van der Waals surface area contributed by atoms with Gasteiger partial charge in [-0.15, -0.1) is 0 Å². The van der Waals surface area contributed by atoms with E-state index in [4.69, 9.17) is 4.74 Å². The number of ether oxygens (including phenoxy) is 1. The molecule has 0 aliphatic rings. The molecule has 0 amide bonds. The molecule has 0 aliphatic carbocycles. The zero-order chi connectivity index (χ0) is 14.8. The first kappa shape index (κ1) is 13.6. The van der Waals surface area contributed by atoms with Gasteiger partial charge in [0, 0.05) is 22.7 Å². The first-order valence-corrected chi connectivity index (χ1v) is 6.83. The van der Waals surface area contributed by atoms with Gasteiger partial charge in [-0.25, -0.2) is 8.78 Å². The van der Waals surface area contributed by atoms with Crippen molar-refractivity contribution in [1.82, 2.24) is 4.57 Å². The van der Waals surface area contributed by atoms with Crippen molar-refractivity contribution < 1.29 is 13.5 Å². The summed E-state index contributed by atoms with van der Waals surface area (Å²) < 4.78 is 34.4. The lowest BCUT2D eigenvalue weighted by atomic mass is 10.2. The van der Waals surface area contributed by atoms with Crippen molar-refractivity contribution in [3.8, 4) is 5.75 Å². The second-order valence-corrected chi connectivity index (χ2v) is 4.81. The Kier molecular flexibility index (Phi) is 3.60. The third kappa shape index (κ3) is 2.61. The molecule has 0 unspecified atom stereocenters. The molecular formula is C17H15F2NO. The van der Waals surface area contributed by atoms with Crippen molar-refractivity contribution in [2.75, 3.05) is 6.61 Å². The summed E-state index contributed by atoms with van der Waals surface area (Å²) in [6.45, 7) is 2.84. The SMILES string of the molecule is CCOc1ccc2c(ccn2Cc2cccc(F)c2F)c1. The molecule has 0 saturated carbocycles. The minimum atomic E-state index is -0.817. The molecule has 108 valence electrons. The predicted octanol–water partition coefficient (Wildman–Crippen LogP) is 4.37. The molecular weight excluding hydrogens is 272 g/mol. The number of hydrogen-bond acceptors (Lipinski definition) is 1. The summed E-state index contributed by atoms with van der Waals surface area (Å²) in [4.78, 5) is 0. The van der Waals surface area contributed by atoms with Gasteiger partial charge in [-0.05, 0) is 37.3 Å². The van der Waals surface area contributed by atoms with Gasteiger partial charge in [-0.2, -0.15) is 0 Å². The van der Waals surface area contributed by atoms with E-state index in [1.54, 1.807) is 6.07 Å². The van der Waals surface area contributed by atoms with E-state index in [2.05, 4.69) is 0 Å². The zero-order valence-corrected chi connectivity index (χ0v) is 11.6. The summed E-state index contributed by atoms with van der Waals surface area (Å²) in [5, 5.41) is 1.01. The number of halogens is 2. The molecule has 0 spiro atoms.